The maximum atomic E-state index is 13.5. The van der Waals surface area contributed by atoms with E-state index in [1.54, 1.807) is 21.8 Å². The molecule has 2 N–H and O–H groups in total. The highest BCUT2D eigenvalue weighted by molar-refractivity contribution is 7.85. The van der Waals surface area contributed by atoms with Gasteiger partial charge >= 0.3 is 6.03 Å². The van der Waals surface area contributed by atoms with Gasteiger partial charge in [-0.05, 0) is 75.6 Å². The number of nitrogens with zero attached hydrogens (tertiary/aromatic N) is 8. The van der Waals surface area contributed by atoms with Gasteiger partial charge in [0.05, 0.1) is 49.7 Å². The van der Waals surface area contributed by atoms with Crippen LogP contribution in [0.1, 0.15) is 81.8 Å². The summed E-state index contributed by atoms with van der Waals surface area (Å²) in [7, 11) is -3.55. The van der Waals surface area contributed by atoms with Crippen LogP contribution in [0.3, 0.4) is 0 Å². The molecule has 7 rings (SSSR count). The van der Waals surface area contributed by atoms with Gasteiger partial charge in [0.25, 0.3) is 10.1 Å². The normalized spacial score (nSPS) is 20.7. The maximum absolute atomic E-state index is 13.5. The number of piperidine rings is 1. The molecule has 2 amide bonds. The number of aromatic nitrogens is 7. The minimum Gasteiger partial charge on any atom is -0.484 e. The third-order valence-electron chi connectivity index (χ3n) is 9.65. The van der Waals surface area contributed by atoms with Gasteiger partial charge in [-0.25, -0.2) is 9.48 Å². The molecule has 0 spiro atoms. The third kappa shape index (κ3) is 7.56. The van der Waals surface area contributed by atoms with Gasteiger partial charge in [0.1, 0.15) is 23.4 Å². The molecule has 0 bridgehead atoms. The van der Waals surface area contributed by atoms with Crippen LogP contribution in [-0.4, -0.2) is 73.6 Å². The summed E-state index contributed by atoms with van der Waals surface area (Å²) in [6.07, 6.45) is 11.6. The Balaban J connectivity index is 1.04. The van der Waals surface area contributed by atoms with Gasteiger partial charge in [0.15, 0.2) is 5.65 Å². The molecule has 4 aromatic heterocycles. The molecule has 0 radical (unpaired) electrons. The second-order valence-electron chi connectivity index (χ2n) is 13.4. The molecule has 1 aliphatic heterocycles. The molecule has 51 heavy (non-hydrogen) atoms. The fourth-order valence-electron chi connectivity index (χ4n) is 7.17. The van der Waals surface area contributed by atoms with Crippen LogP contribution in [0.15, 0.2) is 61.1 Å². The Morgan fingerprint density at radius 1 is 1.00 bits per heavy atom. The van der Waals surface area contributed by atoms with Crippen molar-refractivity contribution in [3.05, 3.63) is 77.9 Å². The van der Waals surface area contributed by atoms with Gasteiger partial charge in [-0.3, -0.25) is 18.6 Å². The fourth-order valence-corrected chi connectivity index (χ4v) is 7.55. The lowest BCUT2D eigenvalue weighted by molar-refractivity contribution is 0.171. The Bertz CT molecular complexity index is 2120. The van der Waals surface area contributed by atoms with Gasteiger partial charge in [0, 0.05) is 18.2 Å². The predicted octanol–water partition coefficient (Wildman–Crippen LogP) is 5.19. The first kappa shape index (κ1) is 34.5. The molecule has 15 nitrogen and oxygen atoms in total. The molecule has 1 aromatic carbocycles. The summed E-state index contributed by atoms with van der Waals surface area (Å²) in [4.78, 5) is 15.9. The summed E-state index contributed by atoms with van der Waals surface area (Å²) in [5.74, 6) is 2.06. The molecule has 16 heteroatoms. The number of pyridine rings is 1. The lowest BCUT2D eigenvalue weighted by Crippen LogP contribution is -2.44. The number of aryl methyl sites for hydroxylation is 1. The van der Waals surface area contributed by atoms with Crippen LogP contribution < -0.4 is 20.3 Å². The molecule has 4 unspecified atom stereocenters. The van der Waals surface area contributed by atoms with Crippen molar-refractivity contribution in [2.75, 3.05) is 23.1 Å². The van der Waals surface area contributed by atoms with E-state index in [9.17, 15) is 13.2 Å². The van der Waals surface area contributed by atoms with Gasteiger partial charge in [-0.2, -0.15) is 18.6 Å². The fraction of sp³-hybridized carbons (Fsp3) is 0.457. The molecule has 270 valence electrons. The summed E-state index contributed by atoms with van der Waals surface area (Å²) < 4.78 is 39.3. The Morgan fingerprint density at radius 3 is 2.55 bits per heavy atom. The first-order chi connectivity index (χ1) is 24.6. The quantitative estimate of drug-likeness (QED) is 0.174. The molecular formula is C35H44N10O5S. The monoisotopic (exact) mass is 716 g/mol. The topological polar surface area (TPSA) is 163 Å². The lowest BCUT2D eigenvalue weighted by Gasteiger charge is -2.39. The van der Waals surface area contributed by atoms with Gasteiger partial charge in [-0.15, -0.1) is 10.2 Å². The first-order valence-electron chi connectivity index (χ1n) is 17.5. The van der Waals surface area contributed by atoms with Crippen LogP contribution in [0.2, 0.25) is 0 Å². The highest BCUT2D eigenvalue weighted by Crippen LogP contribution is 2.39. The molecular weight excluding hydrogens is 673 g/mol. The van der Waals surface area contributed by atoms with E-state index in [2.05, 4.69) is 55.8 Å². The van der Waals surface area contributed by atoms with E-state index >= 15 is 0 Å². The number of nitrogens with one attached hydrogen (secondary N) is 2. The minimum atomic E-state index is -3.55. The van der Waals surface area contributed by atoms with E-state index in [1.807, 2.05) is 53.9 Å². The lowest BCUT2D eigenvalue weighted by atomic mass is 9.85. The van der Waals surface area contributed by atoms with Crippen molar-refractivity contribution in [1.29, 1.82) is 0 Å². The Morgan fingerprint density at radius 2 is 1.78 bits per heavy atom. The van der Waals surface area contributed by atoms with E-state index in [-0.39, 0.29) is 31.3 Å². The predicted molar refractivity (Wildman–Crippen MR) is 192 cm³/mol. The average molecular weight is 717 g/mol. The number of hydrogen-bond acceptors (Lipinski definition) is 10. The molecule has 4 atom stereocenters. The van der Waals surface area contributed by atoms with E-state index in [0.717, 1.165) is 53.3 Å². The molecule has 1 fully saturated rings. The second-order valence-corrected chi connectivity index (χ2v) is 15.0. The zero-order valence-electron chi connectivity index (χ0n) is 29.3. The van der Waals surface area contributed by atoms with Crippen LogP contribution in [0.25, 0.3) is 11.3 Å². The molecule has 1 aliphatic carbocycles. The zero-order valence-corrected chi connectivity index (χ0v) is 30.1. The smallest absolute Gasteiger partial charge is 0.320 e. The Labute approximate surface area is 297 Å². The SMILES string of the molecule is CCc1cc(NC(=O)NC2CCC(Oc3ccc4nnc(N5C(C)CCCC5C)n4c3)c3ccccc32)n(-c2cnn(CCOS(C)(=O)=O)c2)n1. The van der Waals surface area contributed by atoms with Gasteiger partial charge in [0.2, 0.25) is 5.95 Å². The molecule has 2 aliphatic rings. The third-order valence-corrected chi connectivity index (χ3v) is 10.2. The number of benzene rings is 1. The summed E-state index contributed by atoms with van der Waals surface area (Å²) in [6, 6.07) is 14.0. The zero-order chi connectivity index (χ0) is 35.7. The van der Waals surface area contributed by atoms with Crippen molar-refractivity contribution in [1.82, 2.24) is 39.5 Å². The van der Waals surface area contributed by atoms with Crippen molar-refractivity contribution < 1.29 is 22.1 Å². The molecule has 5 heterocycles. The summed E-state index contributed by atoms with van der Waals surface area (Å²) in [5.41, 5.74) is 4.22. The number of carbonyl (C=O) groups is 1. The molecule has 5 aromatic rings. The number of carbonyl (C=O) groups excluding carboxylic acids is 1. The number of urea groups is 1. The average Bonchev–Trinajstić information content (AvgIpc) is 3.84. The van der Waals surface area contributed by atoms with Crippen molar-refractivity contribution in [2.45, 2.75) is 90.1 Å². The number of anilines is 2. The number of fused-ring (bicyclic) bond motifs is 2. The largest absolute Gasteiger partial charge is 0.484 e. The second kappa shape index (κ2) is 14.3. The van der Waals surface area contributed by atoms with E-state index in [0.29, 0.717) is 42.9 Å². The summed E-state index contributed by atoms with van der Waals surface area (Å²) in [6.45, 7) is 6.67. The van der Waals surface area contributed by atoms with Gasteiger partial charge in [-0.1, -0.05) is 31.2 Å². The van der Waals surface area contributed by atoms with Crippen molar-refractivity contribution in [3.63, 3.8) is 0 Å². The van der Waals surface area contributed by atoms with Crippen LogP contribution in [0.4, 0.5) is 16.6 Å². The maximum Gasteiger partial charge on any atom is 0.320 e. The highest BCUT2D eigenvalue weighted by atomic mass is 32.2. The van der Waals surface area contributed by atoms with Crippen LogP contribution in [-0.2, 0) is 27.3 Å². The molecule has 1 saturated heterocycles. The van der Waals surface area contributed by atoms with Crippen LogP contribution in [0, 0.1) is 0 Å². The number of hydrogen-bond donors (Lipinski definition) is 2. The highest BCUT2D eigenvalue weighted by Gasteiger charge is 2.31. The molecule has 0 saturated carbocycles. The van der Waals surface area contributed by atoms with Crippen molar-refractivity contribution in [2.24, 2.45) is 0 Å². The van der Waals surface area contributed by atoms with E-state index < -0.39 is 10.1 Å². The standard InChI is InChI=1S/C35H44N10O5S/c1-5-25-19-33(45(41-25)26-20-36-42(21-26)17-18-49-51(4,47)48)38-34(46)37-30-14-15-31(29-12-7-6-11-28(29)30)50-27-13-16-32-39-40-35(43(32)22-27)44-23(2)9-8-10-24(44)3/h6-7,11-13,16,19-24,30-31H,5,8-10,14-15,17-18H2,1-4H3,(H2,37,38,46). The van der Waals surface area contributed by atoms with E-state index in [1.165, 1.54) is 6.42 Å². The van der Waals surface area contributed by atoms with Gasteiger partial charge < -0.3 is 15.0 Å². The number of amides is 2. The van der Waals surface area contributed by atoms with Crippen molar-refractivity contribution >= 4 is 33.6 Å². The summed E-state index contributed by atoms with van der Waals surface area (Å²) >= 11 is 0. The summed E-state index contributed by atoms with van der Waals surface area (Å²) in [5, 5.41) is 24.1. The minimum absolute atomic E-state index is 0.0444. The number of rotatable bonds is 11. The first-order valence-corrected chi connectivity index (χ1v) is 19.3. The van der Waals surface area contributed by atoms with Crippen LogP contribution >= 0.6 is 0 Å². The van der Waals surface area contributed by atoms with Crippen LogP contribution in [0.5, 0.6) is 5.75 Å². The van der Waals surface area contributed by atoms with Crippen molar-refractivity contribution in [3.8, 4) is 11.4 Å². The van der Waals surface area contributed by atoms with E-state index in [4.69, 9.17) is 8.92 Å². The Hall–Kier alpha value is -4.96. The number of ether oxygens (including phenoxy) is 1. The Kier molecular flexibility index (Phi) is 9.70.